The number of H-pyrrole nitrogens is 1. The highest BCUT2D eigenvalue weighted by molar-refractivity contribution is 5.57. The number of nitrogens with zero attached hydrogens (tertiary/aromatic N) is 2. The predicted octanol–water partition coefficient (Wildman–Crippen LogP) is 2.89. The highest BCUT2D eigenvalue weighted by atomic mass is 16.1. The average Bonchev–Trinajstić information content (AvgIpc) is 2.90. The van der Waals surface area contributed by atoms with E-state index in [0.29, 0.717) is 12.1 Å². The summed E-state index contributed by atoms with van der Waals surface area (Å²) in [5.41, 5.74) is 1.98. The molecule has 0 bridgehead atoms. The summed E-state index contributed by atoms with van der Waals surface area (Å²) in [6.45, 7) is 6.61. The maximum atomic E-state index is 12.2. The van der Waals surface area contributed by atoms with Gasteiger partial charge in [-0.05, 0) is 32.3 Å². The van der Waals surface area contributed by atoms with Crippen molar-refractivity contribution in [2.45, 2.75) is 38.8 Å². The van der Waals surface area contributed by atoms with E-state index in [-0.39, 0.29) is 5.69 Å². The van der Waals surface area contributed by atoms with Crippen LogP contribution in [-0.4, -0.2) is 33.6 Å². The lowest BCUT2D eigenvalue weighted by molar-refractivity contribution is 0.151. The predicted molar refractivity (Wildman–Crippen MR) is 85.5 cm³/mol. The van der Waals surface area contributed by atoms with E-state index in [1.807, 2.05) is 41.1 Å². The number of rotatable bonds is 3. The molecule has 1 aliphatic rings. The van der Waals surface area contributed by atoms with Gasteiger partial charge in [-0.2, -0.15) is 0 Å². The van der Waals surface area contributed by atoms with Crippen LogP contribution in [0.2, 0.25) is 0 Å². The van der Waals surface area contributed by atoms with Crippen LogP contribution in [0.1, 0.15) is 32.7 Å². The Labute approximate surface area is 125 Å². The van der Waals surface area contributed by atoms with Gasteiger partial charge < -0.3 is 9.88 Å². The molecular weight excluding hydrogens is 262 g/mol. The van der Waals surface area contributed by atoms with Crippen molar-refractivity contribution in [2.75, 3.05) is 13.1 Å². The van der Waals surface area contributed by atoms with Gasteiger partial charge in [-0.1, -0.05) is 30.3 Å². The minimum Gasteiger partial charge on any atom is -0.306 e. The van der Waals surface area contributed by atoms with E-state index < -0.39 is 0 Å². The van der Waals surface area contributed by atoms with E-state index in [2.05, 4.69) is 23.7 Å². The van der Waals surface area contributed by atoms with Crippen LogP contribution >= 0.6 is 0 Å². The molecule has 1 aromatic carbocycles. The molecule has 1 N–H and O–H groups in total. The number of nitrogens with one attached hydrogen (secondary N) is 1. The van der Waals surface area contributed by atoms with Crippen molar-refractivity contribution in [1.82, 2.24) is 14.5 Å². The van der Waals surface area contributed by atoms with Gasteiger partial charge in [-0.25, -0.2) is 4.79 Å². The van der Waals surface area contributed by atoms with E-state index in [9.17, 15) is 4.79 Å². The van der Waals surface area contributed by atoms with Crippen LogP contribution in [0.25, 0.3) is 11.3 Å². The Balaban J connectivity index is 1.78. The number of benzene rings is 1. The van der Waals surface area contributed by atoms with Crippen LogP contribution in [0.15, 0.2) is 41.3 Å². The summed E-state index contributed by atoms with van der Waals surface area (Å²) in [5.74, 6) is 0. The largest absolute Gasteiger partial charge is 0.326 e. The summed E-state index contributed by atoms with van der Waals surface area (Å²) >= 11 is 0. The van der Waals surface area contributed by atoms with Gasteiger partial charge in [0.25, 0.3) is 0 Å². The van der Waals surface area contributed by atoms with Crippen LogP contribution in [0.5, 0.6) is 0 Å². The quantitative estimate of drug-likeness (QED) is 0.942. The first-order valence-corrected chi connectivity index (χ1v) is 7.76. The van der Waals surface area contributed by atoms with Crippen LogP contribution in [0.3, 0.4) is 0 Å². The molecule has 4 heteroatoms. The van der Waals surface area contributed by atoms with Crippen molar-refractivity contribution >= 4 is 0 Å². The zero-order valence-corrected chi connectivity index (χ0v) is 12.7. The highest BCUT2D eigenvalue weighted by Gasteiger charge is 2.23. The smallest absolute Gasteiger partial charge is 0.306 e. The van der Waals surface area contributed by atoms with E-state index in [1.165, 1.54) is 0 Å². The van der Waals surface area contributed by atoms with E-state index >= 15 is 0 Å². The van der Waals surface area contributed by atoms with Crippen molar-refractivity contribution < 1.29 is 0 Å². The molecule has 0 atom stereocenters. The number of piperidine rings is 1. The Morgan fingerprint density at radius 2 is 1.81 bits per heavy atom. The van der Waals surface area contributed by atoms with Crippen LogP contribution in [0, 0.1) is 0 Å². The lowest BCUT2D eigenvalue weighted by atomic mass is 10.0. The minimum atomic E-state index is 0.0110. The maximum absolute atomic E-state index is 12.2. The molecule has 1 aliphatic heterocycles. The summed E-state index contributed by atoms with van der Waals surface area (Å²) < 4.78 is 1.89. The summed E-state index contributed by atoms with van der Waals surface area (Å²) in [6, 6.07) is 10.9. The Morgan fingerprint density at radius 3 is 2.43 bits per heavy atom. The molecule has 1 fully saturated rings. The Bertz CT molecular complexity index is 634. The second kappa shape index (κ2) is 5.90. The van der Waals surface area contributed by atoms with Gasteiger partial charge in [0.2, 0.25) is 0 Å². The molecule has 2 heterocycles. The molecule has 1 aromatic heterocycles. The van der Waals surface area contributed by atoms with Gasteiger partial charge in [-0.3, -0.25) is 4.57 Å². The van der Waals surface area contributed by atoms with Gasteiger partial charge in [0.05, 0.1) is 5.69 Å². The third kappa shape index (κ3) is 2.95. The van der Waals surface area contributed by atoms with Crippen molar-refractivity contribution in [1.29, 1.82) is 0 Å². The summed E-state index contributed by atoms with van der Waals surface area (Å²) in [5, 5.41) is 0. The molecular formula is C17H23N3O. The van der Waals surface area contributed by atoms with Crippen LogP contribution < -0.4 is 5.69 Å². The number of hydrogen-bond donors (Lipinski definition) is 1. The topological polar surface area (TPSA) is 41.0 Å². The fourth-order valence-electron chi connectivity index (χ4n) is 3.13. The van der Waals surface area contributed by atoms with E-state index in [4.69, 9.17) is 0 Å². The number of likely N-dealkylation sites (tertiary alicyclic amines) is 1. The standard InChI is InChI=1S/C17H23N3O/c1-13(2)19-10-8-15(9-11-19)20-12-16(18-17(20)21)14-6-4-3-5-7-14/h3-7,12-13,15H,8-11H2,1-2H3,(H,18,21). The van der Waals surface area contributed by atoms with Crippen molar-refractivity contribution in [3.8, 4) is 11.3 Å². The van der Waals surface area contributed by atoms with Crippen molar-refractivity contribution in [2.24, 2.45) is 0 Å². The lowest BCUT2D eigenvalue weighted by Crippen LogP contribution is -2.40. The molecule has 2 aromatic rings. The zero-order chi connectivity index (χ0) is 14.8. The maximum Gasteiger partial charge on any atom is 0.326 e. The molecule has 3 rings (SSSR count). The Kier molecular flexibility index (Phi) is 3.97. The van der Waals surface area contributed by atoms with Gasteiger partial charge >= 0.3 is 5.69 Å². The number of aromatic amines is 1. The molecule has 0 aliphatic carbocycles. The third-order valence-corrected chi connectivity index (χ3v) is 4.45. The fraction of sp³-hybridized carbons (Fsp3) is 0.471. The minimum absolute atomic E-state index is 0.0110. The third-order valence-electron chi connectivity index (χ3n) is 4.45. The molecule has 0 amide bonds. The monoisotopic (exact) mass is 285 g/mol. The molecule has 0 spiro atoms. The van der Waals surface area contributed by atoms with Crippen molar-refractivity contribution in [3.05, 3.63) is 47.0 Å². The summed E-state index contributed by atoms with van der Waals surface area (Å²) in [7, 11) is 0. The van der Waals surface area contributed by atoms with E-state index in [1.54, 1.807) is 0 Å². The van der Waals surface area contributed by atoms with Crippen LogP contribution in [-0.2, 0) is 0 Å². The fourth-order valence-corrected chi connectivity index (χ4v) is 3.13. The van der Waals surface area contributed by atoms with E-state index in [0.717, 1.165) is 37.2 Å². The molecule has 0 unspecified atom stereocenters. The SMILES string of the molecule is CC(C)N1CCC(n2cc(-c3ccccc3)[nH]c2=O)CC1. The summed E-state index contributed by atoms with van der Waals surface area (Å²) in [4.78, 5) is 17.7. The van der Waals surface area contributed by atoms with Gasteiger partial charge in [0, 0.05) is 31.4 Å². The highest BCUT2D eigenvalue weighted by Crippen LogP contribution is 2.24. The first-order valence-electron chi connectivity index (χ1n) is 7.76. The molecule has 21 heavy (non-hydrogen) atoms. The van der Waals surface area contributed by atoms with Gasteiger partial charge in [0.15, 0.2) is 0 Å². The van der Waals surface area contributed by atoms with Gasteiger partial charge in [0.1, 0.15) is 0 Å². The first-order chi connectivity index (χ1) is 10.1. The second-order valence-electron chi connectivity index (χ2n) is 6.11. The Morgan fingerprint density at radius 1 is 1.14 bits per heavy atom. The first kappa shape index (κ1) is 14.1. The van der Waals surface area contributed by atoms with Crippen molar-refractivity contribution in [3.63, 3.8) is 0 Å². The van der Waals surface area contributed by atoms with Crippen LogP contribution in [0.4, 0.5) is 0 Å². The molecule has 112 valence electrons. The molecule has 1 saturated heterocycles. The number of aromatic nitrogens is 2. The zero-order valence-electron chi connectivity index (χ0n) is 12.7. The summed E-state index contributed by atoms with van der Waals surface area (Å²) in [6.07, 6.45) is 4.07. The number of hydrogen-bond acceptors (Lipinski definition) is 2. The Hall–Kier alpha value is -1.81. The molecule has 0 saturated carbocycles. The molecule has 0 radical (unpaired) electrons. The number of imidazole rings is 1. The van der Waals surface area contributed by atoms with Gasteiger partial charge in [-0.15, -0.1) is 0 Å². The molecule has 4 nitrogen and oxygen atoms in total. The normalized spacial score (nSPS) is 17.5. The lowest BCUT2D eigenvalue weighted by Gasteiger charge is -2.34. The average molecular weight is 285 g/mol. The second-order valence-corrected chi connectivity index (χ2v) is 6.11.